The highest BCUT2D eigenvalue weighted by Crippen LogP contribution is 2.44. The van der Waals surface area contributed by atoms with Crippen molar-refractivity contribution in [2.45, 2.75) is 25.0 Å². The third kappa shape index (κ3) is 6.50. The van der Waals surface area contributed by atoms with Crippen molar-refractivity contribution in [2.24, 2.45) is 0 Å². The Morgan fingerprint density at radius 3 is 2.30 bits per heavy atom. The summed E-state index contributed by atoms with van der Waals surface area (Å²) in [5.41, 5.74) is 6.43. The lowest BCUT2D eigenvalue weighted by molar-refractivity contribution is -0.113. The van der Waals surface area contributed by atoms with Crippen molar-refractivity contribution < 1.29 is 9.53 Å². The van der Waals surface area contributed by atoms with Crippen molar-refractivity contribution in [3.8, 4) is 17.9 Å². The van der Waals surface area contributed by atoms with Gasteiger partial charge in [-0.1, -0.05) is 84.4 Å². The minimum Gasteiger partial charge on any atom is -0.495 e. The molecular weight excluding hydrogens is 588 g/mol. The summed E-state index contributed by atoms with van der Waals surface area (Å²) in [4.78, 5) is 13.9. The Morgan fingerprint density at radius 1 is 0.909 bits per heavy atom. The van der Waals surface area contributed by atoms with E-state index in [1.165, 1.54) is 11.8 Å². The molecule has 0 aliphatic carbocycles. The third-order valence-corrected chi connectivity index (χ3v) is 8.88. The lowest BCUT2D eigenvalue weighted by Crippen LogP contribution is -2.31. The molecule has 0 saturated heterocycles. The normalized spacial score (nSPS) is 14.3. The fourth-order valence-corrected chi connectivity index (χ4v) is 6.67. The molecule has 44 heavy (non-hydrogen) atoms. The minimum absolute atomic E-state index is 0.359. The van der Waals surface area contributed by atoms with E-state index in [9.17, 15) is 15.3 Å². The molecule has 0 fully saturated rings. The van der Waals surface area contributed by atoms with Gasteiger partial charge in [-0.05, 0) is 59.9 Å². The molecule has 4 aromatic rings. The van der Waals surface area contributed by atoms with Crippen molar-refractivity contribution >= 4 is 35.0 Å². The molecule has 1 heterocycles. The highest BCUT2D eigenvalue weighted by Gasteiger charge is 2.36. The number of amides is 1. The number of para-hydroxylation sites is 2. The molecule has 1 amide bonds. The molecule has 0 saturated carbocycles. The van der Waals surface area contributed by atoms with Crippen LogP contribution in [0.15, 0.2) is 119 Å². The van der Waals surface area contributed by atoms with Gasteiger partial charge < -0.3 is 15.4 Å². The number of halogens is 1. The van der Waals surface area contributed by atoms with Gasteiger partial charge in [0.1, 0.15) is 5.75 Å². The molecule has 1 aliphatic rings. The topological polar surface area (TPSA) is 97.9 Å². The van der Waals surface area contributed by atoms with E-state index in [4.69, 9.17) is 16.3 Å². The number of rotatable bonds is 9. The Hall–Kier alpha value is -4.95. The Morgan fingerprint density at radius 2 is 1.57 bits per heavy atom. The van der Waals surface area contributed by atoms with E-state index in [1.807, 2.05) is 73.7 Å². The number of nitrogens with one attached hydrogen (secondary N) is 2. The van der Waals surface area contributed by atoms with Crippen LogP contribution in [0.5, 0.6) is 5.75 Å². The average Bonchev–Trinajstić information content (AvgIpc) is 3.04. The summed E-state index contributed by atoms with van der Waals surface area (Å²) in [6, 6.07) is 34.9. The maximum Gasteiger partial charge on any atom is 0.254 e. The standard InChI is InChI=1S/C36H29ClN4O2S/c1-23-33(35(42)41-31-17-9-10-18-32(31)43-2)34(28-15-7-8-16-30(28)37)29(21-39)36(40-23)44-22-27-14-6-4-12-25(27)19-24-11-3-5-13-26(24)20-38/h3-18,34,40H,19,22H2,1-2H3,(H,41,42). The van der Waals surface area contributed by atoms with Gasteiger partial charge in [-0.15, -0.1) is 11.8 Å². The molecule has 2 N–H and O–H groups in total. The molecule has 0 aromatic heterocycles. The number of hydrogen-bond donors (Lipinski definition) is 2. The van der Waals surface area contributed by atoms with Gasteiger partial charge in [0.2, 0.25) is 0 Å². The van der Waals surface area contributed by atoms with Crippen LogP contribution in [0.1, 0.15) is 40.7 Å². The monoisotopic (exact) mass is 616 g/mol. The number of ether oxygens (including phenoxy) is 1. The van der Waals surface area contributed by atoms with Crippen LogP contribution in [0.4, 0.5) is 5.69 Å². The molecule has 1 unspecified atom stereocenters. The van der Waals surface area contributed by atoms with Crippen LogP contribution >= 0.6 is 23.4 Å². The smallest absolute Gasteiger partial charge is 0.254 e. The first kappa shape index (κ1) is 30.5. The average molecular weight is 617 g/mol. The molecule has 6 nitrogen and oxygen atoms in total. The zero-order valence-electron chi connectivity index (χ0n) is 24.2. The number of carbonyl (C=O) groups is 1. The van der Waals surface area contributed by atoms with Gasteiger partial charge in [-0.3, -0.25) is 4.79 Å². The fraction of sp³-hybridized carbons (Fsp3) is 0.139. The van der Waals surface area contributed by atoms with Crippen molar-refractivity contribution in [3.63, 3.8) is 0 Å². The number of benzene rings is 4. The molecule has 0 bridgehead atoms. The predicted molar refractivity (Wildman–Crippen MR) is 176 cm³/mol. The van der Waals surface area contributed by atoms with E-state index in [-0.39, 0.29) is 5.91 Å². The molecule has 0 spiro atoms. The number of nitriles is 2. The lowest BCUT2D eigenvalue weighted by Gasteiger charge is -2.30. The van der Waals surface area contributed by atoms with Gasteiger partial charge in [0.15, 0.2) is 0 Å². The zero-order chi connectivity index (χ0) is 31.1. The van der Waals surface area contributed by atoms with Gasteiger partial charge >= 0.3 is 0 Å². The van der Waals surface area contributed by atoms with E-state index >= 15 is 0 Å². The molecule has 1 atom stereocenters. The van der Waals surface area contributed by atoms with Gasteiger partial charge in [-0.2, -0.15) is 10.5 Å². The van der Waals surface area contributed by atoms with Crippen LogP contribution in [0, 0.1) is 22.7 Å². The Kier molecular flexibility index (Phi) is 9.72. The second kappa shape index (κ2) is 14.0. The molecule has 0 radical (unpaired) electrons. The van der Waals surface area contributed by atoms with Crippen LogP contribution in [0.3, 0.4) is 0 Å². The summed E-state index contributed by atoms with van der Waals surface area (Å²) in [6.45, 7) is 1.84. The van der Waals surface area contributed by atoms with Crippen LogP contribution in [0.25, 0.3) is 0 Å². The number of anilines is 1. The molecular formula is C36H29ClN4O2S. The van der Waals surface area contributed by atoms with Crippen molar-refractivity contribution in [1.82, 2.24) is 5.32 Å². The second-order valence-electron chi connectivity index (χ2n) is 10.1. The summed E-state index contributed by atoms with van der Waals surface area (Å²) >= 11 is 8.19. The van der Waals surface area contributed by atoms with Crippen LogP contribution in [0.2, 0.25) is 5.02 Å². The van der Waals surface area contributed by atoms with Gasteiger partial charge in [-0.25, -0.2) is 0 Å². The number of allylic oxidation sites excluding steroid dienone is 2. The minimum atomic E-state index is -0.690. The van der Waals surface area contributed by atoms with Crippen molar-refractivity contribution in [2.75, 3.05) is 12.4 Å². The first-order valence-electron chi connectivity index (χ1n) is 13.9. The summed E-state index contributed by atoms with van der Waals surface area (Å²) in [5, 5.41) is 27.6. The summed E-state index contributed by atoms with van der Waals surface area (Å²) in [5.74, 6) is 0.0529. The molecule has 5 rings (SSSR count). The maximum atomic E-state index is 13.9. The highest BCUT2D eigenvalue weighted by molar-refractivity contribution is 8.02. The molecule has 4 aromatic carbocycles. The maximum absolute atomic E-state index is 13.9. The Balaban J connectivity index is 1.49. The van der Waals surface area contributed by atoms with Crippen molar-refractivity contribution in [1.29, 1.82) is 10.5 Å². The summed E-state index contributed by atoms with van der Waals surface area (Å²) < 4.78 is 5.44. The second-order valence-corrected chi connectivity index (χ2v) is 11.5. The van der Waals surface area contributed by atoms with Gasteiger partial charge in [0.05, 0.1) is 47.0 Å². The number of methoxy groups -OCH3 is 1. The quantitative estimate of drug-likeness (QED) is 0.197. The van der Waals surface area contributed by atoms with Gasteiger partial charge in [0.25, 0.3) is 5.91 Å². The third-order valence-electron chi connectivity index (χ3n) is 7.47. The fourth-order valence-electron chi connectivity index (χ4n) is 5.29. The highest BCUT2D eigenvalue weighted by atomic mass is 35.5. The molecule has 218 valence electrons. The lowest BCUT2D eigenvalue weighted by atomic mass is 9.82. The van der Waals surface area contributed by atoms with E-state index in [0.29, 0.717) is 61.6 Å². The Labute approximate surface area is 266 Å². The van der Waals surface area contributed by atoms with Crippen LogP contribution < -0.4 is 15.4 Å². The van der Waals surface area contributed by atoms with Gasteiger partial charge in [0, 0.05) is 22.0 Å². The van der Waals surface area contributed by atoms with Crippen LogP contribution in [-0.4, -0.2) is 13.0 Å². The van der Waals surface area contributed by atoms with E-state index in [0.717, 1.165) is 16.7 Å². The SMILES string of the molecule is COc1ccccc1NC(=O)C1=C(C)NC(SCc2ccccc2Cc2ccccc2C#N)=C(C#N)C1c1ccccc1Cl. The van der Waals surface area contributed by atoms with E-state index in [1.54, 1.807) is 25.3 Å². The largest absolute Gasteiger partial charge is 0.495 e. The number of dihydropyridines is 1. The summed E-state index contributed by atoms with van der Waals surface area (Å²) in [6.07, 6.45) is 0.618. The molecule has 8 heteroatoms. The van der Waals surface area contributed by atoms with Crippen molar-refractivity contribution in [3.05, 3.63) is 152 Å². The van der Waals surface area contributed by atoms with E-state index < -0.39 is 5.92 Å². The molecule has 1 aliphatic heterocycles. The zero-order valence-corrected chi connectivity index (χ0v) is 25.8. The number of hydrogen-bond acceptors (Lipinski definition) is 6. The Bertz CT molecular complexity index is 1870. The number of carbonyl (C=O) groups excluding carboxylic acids is 1. The first-order valence-corrected chi connectivity index (χ1v) is 15.3. The first-order chi connectivity index (χ1) is 21.4. The number of thioether (sulfide) groups is 1. The van der Waals surface area contributed by atoms with E-state index in [2.05, 4.69) is 34.9 Å². The predicted octanol–water partition coefficient (Wildman–Crippen LogP) is 8.08. The number of nitrogens with zero attached hydrogens (tertiary/aromatic N) is 2. The summed E-state index contributed by atoms with van der Waals surface area (Å²) in [7, 11) is 1.55. The van der Waals surface area contributed by atoms with Crippen LogP contribution in [-0.2, 0) is 17.0 Å².